The van der Waals surface area contributed by atoms with Gasteiger partial charge in [0.2, 0.25) is 0 Å². The molecule has 5 aromatic rings. The summed E-state index contributed by atoms with van der Waals surface area (Å²) in [7, 11) is 0. The molecular formula is C24H21ClN6OS. The molecule has 166 valence electrons. The average molecular weight is 477 g/mol. The Hall–Kier alpha value is -3.10. The van der Waals surface area contributed by atoms with Crippen molar-refractivity contribution in [3.05, 3.63) is 59.8 Å². The minimum atomic E-state index is 0.429. The minimum absolute atomic E-state index is 0.429. The Morgan fingerprint density at radius 2 is 2.09 bits per heavy atom. The van der Waals surface area contributed by atoms with E-state index in [4.69, 9.17) is 21.3 Å². The van der Waals surface area contributed by atoms with Crippen molar-refractivity contribution in [3.8, 4) is 22.8 Å². The molecule has 6 rings (SSSR count). The molecule has 9 heteroatoms. The lowest BCUT2D eigenvalue weighted by Gasteiger charge is -2.10. The number of hydrogen-bond donors (Lipinski definition) is 1. The van der Waals surface area contributed by atoms with Gasteiger partial charge in [0.15, 0.2) is 0 Å². The zero-order valence-electron chi connectivity index (χ0n) is 18.0. The Morgan fingerprint density at radius 1 is 1.18 bits per heavy atom. The Balaban J connectivity index is 1.30. The van der Waals surface area contributed by atoms with Gasteiger partial charge in [-0.05, 0) is 55.0 Å². The number of nitrogens with one attached hydrogen (secondary N) is 1. The molecule has 0 radical (unpaired) electrons. The number of aromatic amines is 1. The number of halogens is 1. The lowest BCUT2D eigenvalue weighted by molar-refractivity contribution is 0.459. The van der Waals surface area contributed by atoms with E-state index in [9.17, 15) is 0 Å². The van der Waals surface area contributed by atoms with E-state index >= 15 is 0 Å². The zero-order chi connectivity index (χ0) is 22.4. The first-order chi connectivity index (χ1) is 16.1. The summed E-state index contributed by atoms with van der Waals surface area (Å²) in [6.45, 7) is 2.86. The molecule has 33 heavy (non-hydrogen) atoms. The summed E-state index contributed by atoms with van der Waals surface area (Å²) in [5.41, 5.74) is 4.79. The third-order valence-corrected chi connectivity index (χ3v) is 7.41. The summed E-state index contributed by atoms with van der Waals surface area (Å²) < 4.78 is 8.10. The lowest BCUT2D eigenvalue weighted by atomic mass is 10.1. The van der Waals surface area contributed by atoms with Gasteiger partial charge in [-0.25, -0.2) is 9.97 Å². The Bertz CT molecular complexity index is 1470. The first-order valence-electron chi connectivity index (χ1n) is 10.8. The monoisotopic (exact) mass is 476 g/mol. The standard InChI is InChI=1S/C24H21ClN6OS/c1-14-28-18-3-2-17(8-20(18)29-14)32-22-5-4-19-24(23(22)25)30-21(10-26-19)16-9-27-31(12-16)11-15-6-7-33-13-15/h2-5,8-10,12,15H,6-7,11,13H2,1H3,(H,28,29)/t15-/m1/s1. The molecule has 0 saturated carbocycles. The average Bonchev–Trinajstić information content (AvgIpc) is 3.57. The number of H-pyrrole nitrogens is 1. The topological polar surface area (TPSA) is 81.5 Å². The first-order valence-corrected chi connectivity index (χ1v) is 12.4. The van der Waals surface area contributed by atoms with Crippen LogP contribution in [0, 0.1) is 12.8 Å². The summed E-state index contributed by atoms with van der Waals surface area (Å²) in [6, 6.07) is 9.40. The molecule has 0 amide bonds. The van der Waals surface area contributed by atoms with Gasteiger partial charge in [-0.1, -0.05) is 11.6 Å². The first kappa shape index (κ1) is 20.5. The molecular weight excluding hydrogens is 456 g/mol. The molecule has 1 N–H and O–H groups in total. The Morgan fingerprint density at radius 3 is 2.97 bits per heavy atom. The van der Waals surface area contributed by atoms with E-state index in [-0.39, 0.29) is 0 Å². The van der Waals surface area contributed by atoms with Crippen LogP contribution in [-0.2, 0) is 6.54 Å². The number of ether oxygens (including phenoxy) is 1. The molecule has 0 unspecified atom stereocenters. The van der Waals surface area contributed by atoms with Crippen LogP contribution >= 0.6 is 23.4 Å². The molecule has 0 spiro atoms. The maximum Gasteiger partial charge on any atom is 0.148 e. The fraction of sp³-hybridized carbons (Fsp3) is 0.250. The zero-order valence-corrected chi connectivity index (χ0v) is 19.5. The SMILES string of the molecule is Cc1nc2ccc(Oc3ccc4ncc(-c5cnn(C[C@H]6CCSC6)c5)nc4c3Cl)cc2[nH]1. The number of rotatable bonds is 5. The van der Waals surface area contributed by atoms with Gasteiger partial charge in [0.1, 0.15) is 27.9 Å². The van der Waals surface area contributed by atoms with Crippen LogP contribution in [0.3, 0.4) is 0 Å². The normalized spacial score (nSPS) is 16.1. The number of aryl methyl sites for hydroxylation is 1. The number of imidazole rings is 1. The maximum absolute atomic E-state index is 6.72. The smallest absolute Gasteiger partial charge is 0.148 e. The van der Waals surface area contributed by atoms with E-state index in [0.717, 1.165) is 34.7 Å². The van der Waals surface area contributed by atoms with Crippen molar-refractivity contribution in [2.75, 3.05) is 11.5 Å². The number of fused-ring (bicyclic) bond motifs is 2. The van der Waals surface area contributed by atoms with Crippen molar-refractivity contribution >= 4 is 45.4 Å². The van der Waals surface area contributed by atoms with Crippen LogP contribution in [0.25, 0.3) is 33.3 Å². The van der Waals surface area contributed by atoms with Crippen LogP contribution in [-0.4, -0.2) is 41.2 Å². The number of aromatic nitrogens is 6. The summed E-state index contributed by atoms with van der Waals surface area (Å²) in [5.74, 6) is 5.19. The molecule has 3 aromatic heterocycles. The van der Waals surface area contributed by atoms with E-state index in [0.29, 0.717) is 33.5 Å². The van der Waals surface area contributed by atoms with Gasteiger partial charge < -0.3 is 9.72 Å². The predicted molar refractivity (Wildman–Crippen MR) is 132 cm³/mol. The van der Waals surface area contributed by atoms with E-state index in [2.05, 4.69) is 20.1 Å². The quantitative estimate of drug-likeness (QED) is 0.341. The second-order valence-corrected chi connectivity index (χ2v) is 9.81. The highest BCUT2D eigenvalue weighted by Gasteiger charge is 2.17. The highest BCUT2D eigenvalue weighted by molar-refractivity contribution is 7.99. The van der Waals surface area contributed by atoms with E-state index < -0.39 is 0 Å². The number of hydrogen-bond acceptors (Lipinski definition) is 6. The third kappa shape index (κ3) is 4.05. The molecule has 0 aliphatic carbocycles. The molecule has 0 bridgehead atoms. The van der Waals surface area contributed by atoms with Gasteiger partial charge in [0.05, 0.1) is 34.6 Å². The summed E-state index contributed by atoms with van der Waals surface area (Å²) in [5, 5.41) is 4.96. The van der Waals surface area contributed by atoms with Crippen molar-refractivity contribution in [1.29, 1.82) is 0 Å². The van der Waals surface area contributed by atoms with Gasteiger partial charge in [0.25, 0.3) is 0 Å². The van der Waals surface area contributed by atoms with Gasteiger partial charge >= 0.3 is 0 Å². The van der Waals surface area contributed by atoms with E-state index in [1.807, 2.05) is 66.1 Å². The number of nitrogens with zero attached hydrogens (tertiary/aromatic N) is 5. The summed E-state index contributed by atoms with van der Waals surface area (Å²) in [4.78, 5) is 17.0. The molecule has 1 saturated heterocycles. The Labute approximate surface area is 199 Å². The van der Waals surface area contributed by atoms with Crippen LogP contribution in [0.2, 0.25) is 5.02 Å². The van der Waals surface area contributed by atoms with Crippen LogP contribution in [0.1, 0.15) is 12.2 Å². The van der Waals surface area contributed by atoms with Crippen LogP contribution in [0.15, 0.2) is 48.9 Å². The molecule has 7 nitrogen and oxygen atoms in total. The van der Waals surface area contributed by atoms with Crippen molar-refractivity contribution in [2.45, 2.75) is 19.9 Å². The molecule has 1 aliphatic rings. The molecule has 1 atom stereocenters. The summed E-state index contributed by atoms with van der Waals surface area (Å²) >= 11 is 8.74. The van der Waals surface area contributed by atoms with Gasteiger partial charge in [0, 0.05) is 24.4 Å². The summed E-state index contributed by atoms with van der Waals surface area (Å²) in [6.07, 6.45) is 6.89. The molecule has 1 fully saturated rings. The minimum Gasteiger partial charge on any atom is -0.456 e. The van der Waals surface area contributed by atoms with Crippen LogP contribution < -0.4 is 4.74 Å². The molecule has 1 aliphatic heterocycles. The van der Waals surface area contributed by atoms with Crippen molar-refractivity contribution < 1.29 is 4.74 Å². The number of thioether (sulfide) groups is 1. The van der Waals surface area contributed by atoms with Gasteiger partial charge in [-0.15, -0.1) is 0 Å². The third-order valence-electron chi connectivity index (χ3n) is 5.82. The fourth-order valence-electron chi connectivity index (χ4n) is 4.14. The Kier molecular flexibility index (Phi) is 5.19. The fourth-order valence-corrected chi connectivity index (χ4v) is 5.65. The van der Waals surface area contributed by atoms with Crippen molar-refractivity contribution in [1.82, 2.24) is 29.7 Å². The highest BCUT2D eigenvalue weighted by Crippen LogP contribution is 2.35. The number of benzene rings is 2. The highest BCUT2D eigenvalue weighted by atomic mass is 35.5. The van der Waals surface area contributed by atoms with Crippen molar-refractivity contribution in [3.63, 3.8) is 0 Å². The molecule has 4 heterocycles. The maximum atomic E-state index is 6.72. The van der Waals surface area contributed by atoms with Crippen LogP contribution in [0.5, 0.6) is 11.5 Å². The van der Waals surface area contributed by atoms with E-state index in [1.54, 1.807) is 6.20 Å². The second-order valence-electron chi connectivity index (χ2n) is 8.28. The molecule has 2 aromatic carbocycles. The van der Waals surface area contributed by atoms with Gasteiger partial charge in [-0.2, -0.15) is 16.9 Å². The van der Waals surface area contributed by atoms with Crippen LogP contribution in [0.4, 0.5) is 0 Å². The van der Waals surface area contributed by atoms with Crippen molar-refractivity contribution in [2.24, 2.45) is 5.92 Å². The lowest BCUT2D eigenvalue weighted by Crippen LogP contribution is -2.09. The predicted octanol–water partition coefficient (Wildman–Crippen LogP) is 5.88. The van der Waals surface area contributed by atoms with Gasteiger partial charge in [-0.3, -0.25) is 9.67 Å². The van der Waals surface area contributed by atoms with E-state index in [1.165, 1.54) is 17.9 Å². The largest absolute Gasteiger partial charge is 0.456 e. The second kappa shape index (κ2) is 8.35.